The minimum atomic E-state index is -0.423. The Morgan fingerprint density at radius 2 is 1.81 bits per heavy atom. The number of benzene rings is 1. The third-order valence-corrected chi connectivity index (χ3v) is 3.88. The lowest BCUT2D eigenvalue weighted by atomic mass is 10.0. The Morgan fingerprint density at radius 3 is 2.43 bits per heavy atom. The molecule has 108 valence electrons. The second-order valence-electron chi connectivity index (χ2n) is 5.33. The number of hydrogen-bond donors (Lipinski definition) is 1. The maximum atomic E-state index is 10.7. The smallest absolute Gasteiger partial charge is 0.269 e. The Morgan fingerprint density at radius 1 is 1.14 bits per heavy atom. The minimum absolute atomic E-state index is 0.0543. The maximum absolute atomic E-state index is 10.7. The predicted molar refractivity (Wildman–Crippen MR) is 79.7 cm³/mol. The molecule has 1 fully saturated rings. The molecule has 1 aromatic heterocycles. The summed E-state index contributed by atoms with van der Waals surface area (Å²) in [7, 11) is 0. The molecule has 6 nitrogen and oxygen atoms in total. The van der Waals surface area contributed by atoms with E-state index in [9.17, 15) is 10.1 Å². The van der Waals surface area contributed by atoms with Gasteiger partial charge in [0.1, 0.15) is 5.82 Å². The molecule has 6 heteroatoms. The van der Waals surface area contributed by atoms with E-state index in [2.05, 4.69) is 9.97 Å². The van der Waals surface area contributed by atoms with Crippen LogP contribution in [0.1, 0.15) is 37.3 Å². The molecule has 1 aliphatic carbocycles. The van der Waals surface area contributed by atoms with Gasteiger partial charge in [-0.2, -0.15) is 0 Å². The average molecular weight is 284 g/mol. The van der Waals surface area contributed by atoms with Gasteiger partial charge >= 0.3 is 0 Å². The Bertz CT molecular complexity index is 664. The minimum Gasteiger partial charge on any atom is -0.384 e. The molecule has 0 spiro atoms. The summed E-state index contributed by atoms with van der Waals surface area (Å²) in [4.78, 5) is 19.1. The fraction of sp³-hybridized carbons (Fsp3) is 0.333. The van der Waals surface area contributed by atoms with Crippen LogP contribution in [-0.2, 0) is 0 Å². The van der Waals surface area contributed by atoms with Crippen molar-refractivity contribution < 1.29 is 4.92 Å². The van der Waals surface area contributed by atoms with Gasteiger partial charge in [0.25, 0.3) is 5.69 Å². The molecule has 0 bridgehead atoms. The molecule has 0 saturated heterocycles. The summed E-state index contributed by atoms with van der Waals surface area (Å²) in [5, 5.41) is 10.7. The number of nitrogens with zero attached hydrogens (tertiary/aromatic N) is 3. The lowest BCUT2D eigenvalue weighted by Gasteiger charge is -2.11. The van der Waals surface area contributed by atoms with Gasteiger partial charge in [-0.3, -0.25) is 10.1 Å². The van der Waals surface area contributed by atoms with Gasteiger partial charge in [-0.05, 0) is 25.0 Å². The van der Waals surface area contributed by atoms with Gasteiger partial charge in [-0.15, -0.1) is 0 Å². The third kappa shape index (κ3) is 2.84. The Kier molecular flexibility index (Phi) is 3.51. The molecule has 0 unspecified atom stereocenters. The number of rotatable bonds is 3. The highest BCUT2D eigenvalue weighted by Crippen LogP contribution is 2.34. The van der Waals surface area contributed by atoms with Crippen LogP contribution in [0.25, 0.3) is 11.4 Å². The van der Waals surface area contributed by atoms with E-state index in [1.54, 1.807) is 12.1 Å². The number of hydrogen-bond acceptors (Lipinski definition) is 5. The number of aromatic nitrogens is 2. The number of nitro groups is 1. The quantitative estimate of drug-likeness (QED) is 0.689. The van der Waals surface area contributed by atoms with Crippen molar-refractivity contribution in [2.45, 2.75) is 31.6 Å². The molecule has 0 aliphatic heterocycles. The van der Waals surface area contributed by atoms with Crippen molar-refractivity contribution in [2.24, 2.45) is 0 Å². The number of anilines is 1. The van der Waals surface area contributed by atoms with Gasteiger partial charge in [0.05, 0.1) is 4.92 Å². The summed E-state index contributed by atoms with van der Waals surface area (Å²) in [5.74, 6) is 1.43. The number of non-ortho nitro benzene ring substituents is 1. The summed E-state index contributed by atoms with van der Waals surface area (Å²) in [6.07, 6.45) is 4.72. The first-order chi connectivity index (χ1) is 10.1. The molecule has 1 saturated carbocycles. The van der Waals surface area contributed by atoms with Crippen LogP contribution in [0.15, 0.2) is 30.3 Å². The molecule has 1 aromatic carbocycles. The van der Waals surface area contributed by atoms with Crippen LogP contribution in [0.2, 0.25) is 0 Å². The SMILES string of the molecule is Nc1cc(C2CCCC2)nc(-c2ccc([N+](=O)[O-])cc2)n1. The molecular formula is C15H16N4O2. The zero-order valence-electron chi connectivity index (χ0n) is 11.5. The first kappa shape index (κ1) is 13.5. The Labute approximate surface area is 122 Å². The molecule has 0 atom stereocenters. The summed E-state index contributed by atoms with van der Waals surface area (Å²) < 4.78 is 0. The maximum Gasteiger partial charge on any atom is 0.269 e. The van der Waals surface area contributed by atoms with Crippen LogP contribution >= 0.6 is 0 Å². The van der Waals surface area contributed by atoms with Gasteiger partial charge in [-0.1, -0.05) is 12.8 Å². The second-order valence-corrected chi connectivity index (χ2v) is 5.33. The highest BCUT2D eigenvalue weighted by Gasteiger charge is 2.20. The fourth-order valence-electron chi connectivity index (χ4n) is 2.78. The first-order valence-electron chi connectivity index (χ1n) is 7.03. The lowest BCUT2D eigenvalue weighted by molar-refractivity contribution is -0.384. The van der Waals surface area contributed by atoms with Gasteiger partial charge in [-0.25, -0.2) is 9.97 Å². The normalized spacial score (nSPS) is 15.2. The van der Waals surface area contributed by atoms with Crippen LogP contribution in [0.5, 0.6) is 0 Å². The van der Waals surface area contributed by atoms with E-state index in [4.69, 9.17) is 5.73 Å². The zero-order chi connectivity index (χ0) is 14.8. The topological polar surface area (TPSA) is 94.9 Å². The van der Waals surface area contributed by atoms with Crippen molar-refractivity contribution >= 4 is 11.5 Å². The van der Waals surface area contributed by atoms with E-state index >= 15 is 0 Å². The number of nitrogen functional groups attached to an aromatic ring is 1. The van der Waals surface area contributed by atoms with Gasteiger partial charge in [0.15, 0.2) is 5.82 Å². The summed E-state index contributed by atoms with van der Waals surface area (Å²) in [5.41, 5.74) is 7.66. The molecule has 0 radical (unpaired) electrons. The molecule has 2 N–H and O–H groups in total. The van der Waals surface area contributed by atoms with Gasteiger partial charge < -0.3 is 5.73 Å². The molecule has 21 heavy (non-hydrogen) atoms. The zero-order valence-corrected chi connectivity index (χ0v) is 11.5. The second kappa shape index (κ2) is 5.47. The van der Waals surface area contributed by atoms with Crippen LogP contribution in [0.4, 0.5) is 11.5 Å². The van der Waals surface area contributed by atoms with Crippen LogP contribution in [-0.4, -0.2) is 14.9 Å². The predicted octanol–water partition coefficient (Wildman–Crippen LogP) is 3.29. The monoisotopic (exact) mass is 284 g/mol. The van der Waals surface area contributed by atoms with Crippen molar-refractivity contribution in [1.82, 2.24) is 9.97 Å². The number of nitrogens with two attached hydrogens (primary N) is 1. The summed E-state index contributed by atoms with van der Waals surface area (Å²) >= 11 is 0. The Hall–Kier alpha value is -2.50. The van der Waals surface area contributed by atoms with E-state index in [0.717, 1.165) is 24.1 Å². The molecule has 1 heterocycles. The summed E-state index contributed by atoms with van der Waals surface area (Å²) in [6, 6.07) is 8.07. The van der Waals surface area contributed by atoms with Crippen molar-refractivity contribution in [3.63, 3.8) is 0 Å². The van der Waals surface area contributed by atoms with Crippen molar-refractivity contribution in [3.05, 3.63) is 46.1 Å². The molecule has 0 amide bonds. The molecule has 2 aromatic rings. The largest absolute Gasteiger partial charge is 0.384 e. The molecule has 3 rings (SSSR count). The highest BCUT2D eigenvalue weighted by molar-refractivity contribution is 5.59. The van der Waals surface area contributed by atoms with Crippen molar-refractivity contribution in [2.75, 3.05) is 5.73 Å². The molecular weight excluding hydrogens is 268 g/mol. The standard InChI is InChI=1S/C15H16N4O2/c16-14-9-13(10-3-1-2-4-10)17-15(18-14)11-5-7-12(8-6-11)19(20)21/h5-10H,1-4H2,(H2,16,17,18). The van der Waals surface area contributed by atoms with E-state index in [1.165, 1.54) is 25.0 Å². The van der Waals surface area contributed by atoms with E-state index in [1.807, 2.05) is 6.07 Å². The van der Waals surface area contributed by atoms with Gasteiger partial charge in [0, 0.05) is 35.4 Å². The highest BCUT2D eigenvalue weighted by atomic mass is 16.6. The van der Waals surface area contributed by atoms with Crippen LogP contribution < -0.4 is 5.73 Å². The van der Waals surface area contributed by atoms with Crippen molar-refractivity contribution in [1.29, 1.82) is 0 Å². The molecule has 1 aliphatic rings. The van der Waals surface area contributed by atoms with Crippen molar-refractivity contribution in [3.8, 4) is 11.4 Å². The van der Waals surface area contributed by atoms with Crippen LogP contribution in [0, 0.1) is 10.1 Å². The lowest BCUT2D eigenvalue weighted by Crippen LogP contribution is -2.03. The first-order valence-corrected chi connectivity index (χ1v) is 7.03. The number of nitro benzene ring substituents is 1. The van der Waals surface area contributed by atoms with Gasteiger partial charge in [0.2, 0.25) is 0 Å². The third-order valence-electron chi connectivity index (χ3n) is 3.88. The van der Waals surface area contributed by atoms with Crippen LogP contribution in [0.3, 0.4) is 0 Å². The fourth-order valence-corrected chi connectivity index (χ4v) is 2.78. The van der Waals surface area contributed by atoms with E-state index in [0.29, 0.717) is 17.6 Å². The summed E-state index contributed by atoms with van der Waals surface area (Å²) in [6.45, 7) is 0. The Balaban J connectivity index is 1.95. The van der Waals surface area contributed by atoms with E-state index < -0.39 is 4.92 Å². The van der Waals surface area contributed by atoms with E-state index in [-0.39, 0.29) is 5.69 Å². The average Bonchev–Trinajstić information content (AvgIpc) is 3.01.